The number of benzene rings is 3. The monoisotopic (exact) mass is 346 g/mol. The summed E-state index contributed by atoms with van der Waals surface area (Å²) in [6.07, 6.45) is 1.03. The van der Waals surface area contributed by atoms with Crippen LogP contribution in [0.5, 0.6) is 17.2 Å². The Bertz CT molecular complexity index is 835. The van der Waals surface area contributed by atoms with Gasteiger partial charge in [0.25, 0.3) is 0 Å². The van der Waals surface area contributed by atoms with Gasteiger partial charge in [-0.15, -0.1) is 0 Å². The predicted molar refractivity (Wildman–Crippen MR) is 107 cm³/mol. The maximum atomic E-state index is 5.96. The van der Waals surface area contributed by atoms with Crippen molar-refractivity contribution < 1.29 is 9.47 Å². The van der Waals surface area contributed by atoms with Crippen molar-refractivity contribution in [2.75, 3.05) is 0 Å². The Kier molecular flexibility index (Phi) is 5.96. The molecule has 3 aromatic carbocycles. The number of rotatable bonds is 7. The van der Waals surface area contributed by atoms with Gasteiger partial charge in [0.2, 0.25) is 0 Å². The van der Waals surface area contributed by atoms with Crippen molar-refractivity contribution in [3.63, 3.8) is 0 Å². The Morgan fingerprint density at radius 3 is 2.15 bits per heavy atom. The minimum atomic E-state index is 0.520. The summed E-state index contributed by atoms with van der Waals surface area (Å²) in [5.74, 6) is 2.94. The summed E-state index contributed by atoms with van der Waals surface area (Å²) < 4.78 is 11.9. The van der Waals surface area contributed by atoms with Crippen molar-refractivity contribution in [2.45, 2.75) is 39.7 Å². The van der Waals surface area contributed by atoms with Crippen molar-refractivity contribution in [1.29, 1.82) is 0 Å². The molecule has 0 unspecified atom stereocenters. The molecule has 2 heteroatoms. The first-order chi connectivity index (χ1) is 12.6. The molecule has 0 spiro atoms. The largest absolute Gasteiger partial charge is 0.489 e. The Labute approximate surface area is 156 Å². The molecule has 0 heterocycles. The van der Waals surface area contributed by atoms with Crippen LogP contribution in [0.1, 0.15) is 43.4 Å². The van der Waals surface area contributed by atoms with Crippen LogP contribution in [0.2, 0.25) is 0 Å². The van der Waals surface area contributed by atoms with E-state index in [1.54, 1.807) is 0 Å². The quantitative estimate of drug-likeness (QED) is 0.471. The highest BCUT2D eigenvalue weighted by Gasteiger charge is 2.03. The van der Waals surface area contributed by atoms with Crippen LogP contribution in [-0.2, 0) is 13.0 Å². The first kappa shape index (κ1) is 18.1. The Morgan fingerprint density at radius 1 is 0.731 bits per heavy atom. The molecule has 0 aliphatic heterocycles. The van der Waals surface area contributed by atoms with Gasteiger partial charge in [0.15, 0.2) is 0 Å². The summed E-state index contributed by atoms with van der Waals surface area (Å²) in [7, 11) is 0. The topological polar surface area (TPSA) is 18.5 Å². The maximum absolute atomic E-state index is 5.96. The second kappa shape index (κ2) is 8.57. The highest BCUT2D eigenvalue weighted by Crippen LogP contribution is 2.27. The number of ether oxygens (including phenoxy) is 2. The predicted octanol–water partition coefficient (Wildman–Crippen LogP) is 6.74. The minimum Gasteiger partial charge on any atom is -0.489 e. The summed E-state index contributed by atoms with van der Waals surface area (Å²) in [6.45, 7) is 7.09. The van der Waals surface area contributed by atoms with Crippen LogP contribution in [0.3, 0.4) is 0 Å². The van der Waals surface area contributed by atoms with Crippen molar-refractivity contribution >= 4 is 0 Å². The van der Waals surface area contributed by atoms with Crippen molar-refractivity contribution in [2.24, 2.45) is 0 Å². The lowest BCUT2D eigenvalue weighted by atomic mass is 10.0. The zero-order valence-corrected chi connectivity index (χ0v) is 15.7. The average molecular weight is 346 g/mol. The summed E-state index contributed by atoms with van der Waals surface area (Å²) >= 11 is 0. The number of aryl methyl sites for hydroxylation is 1. The van der Waals surface area contributed by atoms with Crippen LogP contribution in [0.4, 0.5) is 0 Å². The molecule has 26 heavy (non-hydrogen) atoms. The summed E-state index contributed by atoms with van der Waals surface area (Å²) in [4.78, 5) is 0. The Balaban J connectivity index is 1.64. The van der Waals surface area contributed by atoms with Gasteiger partial charge in [-0.2, -0.15) is 0 Å². The van der Waals surface area contributed by atoms with Gasteiger partial charge in [-0.25, -0.2) is 0 Å². The van der Waals surface area contributed by atoms with E-state index in [1.807, 2.05) is 36.4 Å². The number of hydrogen-bond acceptors (Lipinski definition) is 2. The summed E-state index contributed by atoms with van der Waals surface area (Å²) in [5, 5.41) is 0. The lowest BCUT2D eigenvalue weighted by molar-refractivity contribution is 0.304. The normalized spacial score (nSPS) is 10.8. The third-order valence-corrected chi connectivity index (χ3v) is 4.39. The Hall–Kier alpha value is -2.74. The summed E-state index contributed by atoms with van der Waals surface area (Å²) in [5.41, 5.74) is 3.82. The fourth-order valence-electron chi connectivity index (χ4n) is 2.79. The standard InChI is InChI=1S/C24H26O2/c1-4-19-7-5-8-20(15-19)17-25-23-9-6-10-24(16-23)26-22-13-11-21(12-14-22)18(2)3/h5-16,18H,4,17H2,1-3H3. The number of hydrogen-bond donors (Lipinski definition) is 0. The van der Waals surface area contributed by atoms with Gasteiger partial charge in [0.05, 0.1) is 0 Å². The van der Waals surface area contributed by atoms with E-state index in [-0.39, 0.29) is 0 Å². The van der Waals surface area contributed by atoms with E-state index in [4.69, 9.17) is 9.47 Å². The fourth-order valence-corrected chi connectivity index (χ4v) is 2.79. The highest BCUT2D eigenvalue weighted by molar-refractivity contribution is 5.38. The maximum Gasteiger partial charge on any atom is 0.131 e. The van der Waals surface area contributed by atoms with E-state index in [0.717, 1.165) is 23.7 Å². The molecule has 2 nitrogen and oxygen atoms in total. The molecule has 0 aliphatic carbocycles. The van der Waals surface area contributed by atoms with Crippen LogP contribution in [0.25, 0.3) is 0 Å². The second-order valence-electron chi connectivity index (χ2n) is 6.76. The first-order valence-electron chi connectivity index (χ1n) is 9.22. The van der Waals surface area contributed by atoms with Crippen LogP contribution in [0, 0.1) is 0 Å². The molecule has 0 aromatic heterocycles. The molecule has 0 atom stereocenters. The molecule has 134 valence electrons. The smallest absolute Gasteiger partial charge is 0.131 e. The Morgan fingerprint density at radius 2 is 1.42 bits per heavy atom. The van der Waals surface area contributed by atoms with Crippen LogP contribution >= 0.6 is 0 Å². The van der Waals surface area contributed by atoms with Gasteiger partial charge in [-0.05, 0) is 53.3 Å². The molecule has 3 rings (SSSR count). The van der Waals surface area contributed by atoms with Crippen LogP contribution in [0.15, 0.2) is 72.8 Å². The van der Waals surface area contributed by atoms with E-state index < -0.39 is 0 Å². The molecule has 0 saturated heterocycles. The van der Waals surface area contributed by atoms with E-state index in [2.05, 4.69) is 57.2 Å². The first-order valence-corrected chi connectivity index (χ1v) is 9.22. The van der Waals surface area contributed by atoms with Crippen LogP contribution in [-0.4, -0.2) is 0 Å². The highest BCUT2D eigenvalue weighted by atomic mass is 16.5. The zero-order valence-electron chi connectivity index (χ0n) is 15.7. The zero-order chi connectivity index (χ0) is 18.4. The molecule has 0 bridgehead atoms. The molecular formula is C24H26O2. The average Bonchev–Trinajstić information content (AvgIpc) is 2.67. The van der Waals surface area contributed by atoms with Crippen LogP contribution < -0.4 is 9.47 Å². The SMILES string of the molecule is CCc1cccc(COc2cccc(Oc3ccc(C(C)C)cc3)c2)c1. The van der Waals surface area contributed by atoms with Crippen molar-refractivity contribution in [3.8, 4) is 17.2 Å². The van der Waals surface area contributed by atoms with Gasteiger partial charge in [0.1, 0.15) is 23.9 Å². The van der Waals surface area contributed by atoms with Gasteiger partial charge in [0, 0.05) is 6.07 Å². The lowest BCUT2D eigenvalue weighted by Crippen LogP contribution is -1.96. The lowest BCUT2D eigenvalue weighted by Gasteiger charge is -2.11. The van der Waals surface area contributed by atoms with E-state index in [1.165, 1.54) is 16.7 Å². The summed E-state index contributed by atoms with van der Waals surface area (Å²) in [6, 6.07) is 24.5. The van der Waals surface area contributed by atoms with E-state index >= 15 is 0 Å². The molecule has 0 saturated carbocycles. The molecule has 0 radical (unpaired) electrons. The van der Waals surface area contributed by atoms with Gasteiger partial charge in [-0.3, -0.25) is 0 Å². The third-order valence-electron chi connectivity index (χ3n) is 4.39. The molecular weight excluding hydrogens is 320 g/mol. The molecule has 0 fully saturated rings. The minimum absolute atomic E-state index is 0.520. The van der Waals surface area contributed by atoms with Crippen molar-refractivity contribution in [3.05, 3.63) is 89.5 Å². The van der Waals surface area contributed by atoms with Gasteiger partial charge >= 0.3 is 0 Å². The van der Waals surface area contributed by atoms with Crippen molar-refractivity contribution in [1.82, 2.24) is 0 Å². The fraction of sp³-hybridized carbons (Fsp3) is 0.250. The molecule has 0 amide bonds. The van der Waals surface area contributed by atoms with Gasteiger partial charge < -0.3 is 9.47 Å². The van der Waals surface area contributed by atoms with E-state index in [9.17, 15) is 0 Å². The van der Waals surface area contributed by atoms with Gasteiger partial charge in [-0.1, -0.05) is 63.2 Å². The van der Waals surface area contributed by atoms with E-state index in [0.29, 0.717) is 12.5 Å². The molecule has 3 aromatic rings. The second-order valence-corrected chi connectivity index (χ2v) is 6.76. The molecule has 0 N–H and O–H groups in total. The molecule has 0 aliphatic rings. The third kappa shape index (κ3) is 4.89.